The van der Waals surface area contributed by atoms with Crippen LogP contribution in [0.3, 0.4) is 0 Å². The Morgan fingerprint density at radius 2 is 1.70 bits per heavy atom. The van der Waals surface area contributed by atoms with Gasteiger partial charge in [0.05, 0.1) is 24.1 Å². The van der Waals surface area contributed by atoms with Gasteiger partial charge in [-0.05, 0) is 55.5 Å². The van der Waals surface area contributed by atoms with Gasteiger partial charge in [-0.3, -0.25) is 14.4 Å². The largest absolute Gasteiger partial charge is 0.488 e. The highest BCUT2D eigenvalue weighted by molar-refractivity contribution is 6.00. The van der Waals surface area contributed by atoms with Crippen molar-refractivity contribution in [3.8, 4) is 11.5 Å². The Hall–Kier alpha value is -4.04. The molecular weight excluding hydrogens is 575 g/mol. The van der Waals surface area contributed by atoms with E-state index in [4.69, 9.17) is 30.5 Å². The first-order valence-corrected chi connectivity index (χ1v) is 13.7. The summed E-state index contributed by atoms with van der Waals surface area (Å²) < 4.78 is 47.8. The minimum atomic E-state index is -4.42. The number of aliphatic hydroxyl groups is 1. The lowest BCUT2D eigenvalue weighted by atomic mass is 9.98. The maximum Gasteiger partial charge on any atom is 0.422 e. The summed E-state index contributed by atoms with van der Waals surface area (Å²) in [6.45, 7) is 2.89. The lowest BCUT2D eigenvalue weighted by Gasteiger charge is -2.22. The van der Waals surface area contributed by atoms with E-state index < -0.39 is 30.6 Å². The highest BCUT2D eigenvalue weighted by atomic mass is 19.4. The number of aliphatic carboxylic acids is 2. The van der Waals surface area contributed by atoms with Crippen molar-refractivity contribution >= 4 is 23.5 Å². The van der Waals surface area contributed by atoms with Crippen molar-refractivity contribution in [2.75, 3.05) is 44.4 Å². The number of nitrogens with zero attached hydrogens (tertiary/aromatic N) is 1. The second kappa shape index (κ2) is 17.2. The number of carboxylic acids is 2. The van der Waals surface area contributed by atoms with Crippen LogP contribution < -0.4 is 25.4 Å². The van der Waals surface area contributed by atoms with Crippen LogP contribution in [0.1, 0.15) is 47.7 Å². The average molecular weight is 614 g/mol. The number of halogens is 3. The number of nitrogens with one attached hydrogen (secondary N) is 1. The lowest BCUT2D eigenvalue weighted by Crippen LogP contribution is -2.32. The molecule has 2 aromatic rings. The number of carbonyl (C=O) groups excluding carboxylic acids is 1. The highest BCUT2D eigenvalue weighted by Gasteiger charge is 2.29. The molecule has 2 aromatic carbocycles. The number of anilines is 1. The van der Waals surface area contributed by atoms with Crippen molar-refractivity contribution < 1.29 is 52.3 Å². The van der Waals surface area contributed by atoms with Crippen molar-refractivity contribution in [2.45, 2.75) is 51.2 Å². The van der Waals surface area contributed by atoms with Crippen molar-refractivity contribution in [3.63, 3.8) is 0 Å². The number of carbonyl (C=O) groups is 3. The Kier molecular flexibility index (Phi) is 14.0. The molecule has 1 heterocycles. The zero-order chi connectivity index (χ0) is 32.0. The Morgan fingerprint density at radius 1 is 1.07 bits per heavy atom. The molecule has 1 aliphatic heterocycles. The topological polar surface area (TPSA) is 172 Å². The third-order valence-electron chi connectivity index (χ3n) is 6.26. The number of alkyl halides is 3. The first kappa shape index (κ1) is 35.2. The number of primary amides is 1. The highest BCUT2D eigenvalue weighted by Crippen LogP contribution is 2.33. The van der Waals surface area contributed by atoms with E-state index >= 15 is 0 Å². The third kappa shape index (κ3) is 12.8. The molecule has 0 saturated carbocycles. The number of aliphatic hydroxyl groups excluding tert-OH is 1. The number of fused-ring (bicyclic) bond motifs is 1. The quantitative estimate of drug-likeness (QED) is 0.177. The van der Waals surface area contributed by atoms with Crippen LogP contribution in [0.4, 0.5) is 18.9 Å². The number of para-hydroxylation sites is 2. The molecule has 14 heteroatoms. The van der Waals surface area contributed by atoms with Gasteiger partial charge in [-0.25, -0.2) is 0 Å². The predicted molar refractivity (Wildman–Crippen MR) is 152 cm³/mol. The summed E-state index contributed by atoms with van der Waals surface area (Å²) in [6, 6.07) is 10.2. The standard InChI is InChI=1S/C25H32F3N3O4.C4H6O4/c1-17(30-8-12-34-21-5-2-3-6-22(21)35-16-25(26,27)28)13-18-14-19-7-10-31(9-4-11-32)23(19)20(15-18)24(29)33;5-3(6)1-2-4(7)8/h2-3,5-6,14-15,17,30,32H,4,7-13,16H2,1H3,(H2,29,33);1-2H2,(H,5,6)(H,7,8)/t17-;/m1./s1. The van der Waals surface area contributed by atoms with Gasteiger partial charge in [0.1, 0.15) is 6.61 Å². The van der Waals surface area contributed by atoms with E-state index in [1.165, 1.54) is 6.07 Å². The first-order chi connectivity index (χ1) is 20.3. The molecule has 0 saturated heterocycles. The molecule has 1 atom stereocenters. The average Bonchev–Trinajstić information content (AvgIpc) is 3.34. The number of rotatable bonds is 16. The van der Waals surface area contributed by atoms with Crippen molar-refractivity contribution in [3.05, 3.63) is 53.1 Å². The molecule has 0 aromatic heterocycles. The zero-order valence-corrected chi connectivity index (χ0v) is 23.9. The molecule has 0 fully saturated rings. The number of nitrogens with two attached hydrogens (primary N) is 1. The first-order valence-electron chi connectivity index (χ1n) is 13.7. The van der Waals surface area contributed by atoms with Crippen LogP contribution in [0.2, 0.25) is 0 Å². The molecule has 0 radical (unpaired) electrons. The maximum absolute atomic E-state index is 12.4. The van der Waals surface area contributed by atoms with Crippen LogP contribution in [0.5, 0.6) is 11.5 Å². The second-order valence-corrected chi connectivity index (χ2v) is 9.88. The zero-order valence-electron chi connectivity index (χ0n) is 23.9. The molecule has 1 aliphatic rings. The molecule has 0 unspecified atom stereocenters. The summed E-state index contributed by atoms with van der Waals surface area (Å²) in [5, 5.41) is 28.3. The van der Waals surface area contributed by atoms with E-state index in [9.17, 15) is 27.6 Å². The predicted octanol–water partition coefficient (Wildman–Crippen LogP) is 3.01. The molecule has 1 amide bonds. The van der Waals surface area contributed by atoms with Crippen LogP contribution in [0.15, 0.2) is 36.4 Å². The summed E-state index contributed by atoms with van der Waals surface area (Å²) >= 11 is 0. The molecule has 6 N–H and O–H groups in total. The van der Waals surface area contributed by atoms with E-state index in [2.05, 4.69) is 16.3 Å². The van der Waals surface area contributed by atoms with Crippen molar-refractivity contribution in [1.29, 1.82) is 0 Å². The van der Waals surface area contributed by atoms with Crippen LogP contribution >= 0.6 is 0 Å². The molecule has 0 aliphatic carbocycles. The van der Waals surface area contributed by atoms with Crippen LogP contribution in [-0.4, -0.2) is 84.8 Å². The Balaban J connectivity index is 0.000000708. The van der Waals surface area contributed by atoms with Gasteiger partial charge in [0.15, 0.2) is 18.1 Å². The fourth-order valence-electron chi connectivity index (χ4n) is 4.44. The minimum Gasteiger partial charge on any atom is -0.488 e. The number of hydrogen-bond acceptors (Lipinski definition) is 8. The summed E-state index contributed by atoms with van der Waals surface area (Å²) in [6.07, 6.45) is -2.91. The summed E-state index contributed by atoms with van der Waals surface area (Å²) in [7, 11) is 0. The number of amides is 1. The second-order valence-electron chi connectivity index (χ2n) is 9.88. The third-order valence-corrected chi connectivity index (χ3v) is 6.26. The molecular formula is C29H38F3N3O8. The van der Waals surface area contributed by atoms with Gasteiger partial charge in [-0.2, -0.15) is 13.2 Å². The molecule has 11 nitrogen and oxygen atoms in total. The van der Waals surface area contributed by atoms with E-state index in [0.717, 1.165) is 29.8 Å². The number of hydrogen-bond donors (Lipinski definition) is 5. The lowest BCUT2D eigenvalue weighted by molar-refractivity contribution is -0.153. The molecule has 0 spiro atoms. The van der Waals surface area contributed by atoms with Gasteiger partial charge in [-0.1, -0.05) is 18.2 Å². The molecule has 238 valence electrons. The molecule has 3 rings (SSSR count). The number of ether oxygens (including phenoxy) is 2. The molecule has 0 bridgehead atoms. The Labute approximate surface area is 247 Å². The van der Waals surface area contributed by atoms with Crippen LogP contribution in [-0.2, 0) is 22.4 Å². The monoisotopic (exact) mass is 613 g/mol. The van der Waals surface area contributed by atoms with Crippen molar-refractivity contribution in [1.82, 2.24) is 5.32 Å². The Morgan fingerprint density at radius 3 is 2.26 bits per heavy atom. The summed E-state index contributed by atoms with van der Waals surface area (Å²) in [5.74, 6) is -2.33. The van der Waals surface area contributed by atoms with Gasteiger partial charge in [0.2, 0.25) is 0 Å². The van der Waals surface area contributed by atoms with Crippen LogP contribution in [0.25, 0.3) is 0 Å². The van der Waals surface area contributed by atoms with Gasteiger partial charge in [-0.15, -0.1) is 0 Å². The van der Waals surface area contributed by atoms with E-state index in [1.54, 1.807) is 18.2 Å². The van der Waals surface area contributed by atoms with Gasteiger partial charge < -0.3 is 40.7 Å². The van der Waals surface area contributed by atoms with Crippen LogP contribution in [0, 0.1) is 0 Å². The van der Waals surface area contributed by atoms with Gasteiger partial charge in [0, 0.05) is 32.3 Å². The minimum absolute atomic E-state index is 0.0445. The van der Waals surface area contributed by atoms with Gasteiger partial charge >= 0.3 is 18.1 Å². The summed E-state index contributed by atoms with van der Waals surface area (Å²) in [5.41, 5.74) is 9.12. The van der Waals surface area contributed by atoms with E-state index in [0.29, 0.717) is 31.5 Å². The van der Waals surface area contributed by atoms with E-state index in [-0.39, 0.29) is 43.6 Å². The van der Waals surface area contributed by atoms with E-state index in [1.807, 2.05) is 13.0 Å². The smallest absolute Gasteiger partial charge is 0.422 e. The SMILES string of the molecule is C[C@H](Cc1cc2c(c(C(N)=O)c1)N(CCCO)CC2)NCCOc1ccccc1OCC(F)(F)F.O=C(O)CCC(=O)O. The number of benzene rings is 2. The Bertz CT molecular complexity index is 1210. The number of carboxylic acid groups (broad SMARTS) is 2. The fraction of sp³-hybridized carbons (Fsp3) is 0.483. The normalized spacial score (nSPS) is 13.0. The van der Waals surface area contributed by atoms with Crippen molar-refractivity contribution in [2.24, 2.45) is 5.73 Å². The maximum atomic E-state index is 12.4. The fourth-order valence-corrected chi connectivity index (χ4v) is 4.44. The van der Waals surface area contributed by atoms with Gasteiger partial charge in [0.25, 0.3) is 5.91 Å². The molecule has 43 heavy (non-hydrogen) atoms. The summed E-state index contributed by atoms with van der Waals surface area (Å²) in [4.78, 5) is 33.5.